The minimum absolute atomic E-state index is 0.0869. The highest BCUT2D eigenvalue weighted by atomic mass is 19.1. The van der Waals surface area contributed by atoms with E-state index in [-0.39, 0.29) is 12.2 Å². The zero-order chi connectivity index (χ0) is 12.1. The third kappa shape index (κ3) is 3.00. The molecule has 0 aromatic heterocycles. The van der Waals surface area contributed by atoms with E-state index in [1.54, 1.807) is 6.92 Å². The van der Waals surface area contributed by atoms with Crippen molar-refractivity contribution in [3.05, 3.63) is 34.9 Å². The quantitative estimate of drug-likeness (QED) is 0.788. The van der Waals surface area contributed by atoms with Crippen LogP contribution in [0.4, 0.5) is 8.78 Å². The van der Waals surface area contributed by atoms with E-state index in [2.05, 4.69) is 0 Å². The molecule has 2 nitrogen and oxygen atoms in total. The molecule has 90 valence electrons. The Kier molecular flexibility index (Phi) is 4.83. The van der Waals surface area contributed by atoms with Crippen molar-refractivity contribution in [1.82, 2.24) is 0 Å². The number of rotatable bonds is 5. The molecule has 0 bridgehead atoms. The van der Waals surface area contributed by atoms with Crippen LogP contribution in [0.3, 0.4) is 0 Å². The van der Waals surface area contributed by atoms with Gasteiger partial charge in [0, 0.05) is 12.2 Å². The zero-order valence-corrected chi connectivity index (χ0v) is 9.59. The van der Waals surface area contributed by atoms with Crippen LogP contribution in [0, 0.1) is 18.6 Å². The van der Waals surface area contributed by atoms with E-state index in [1.165, 1.54) is 12.1 Å². The van der Waals surface area contributed by atoms with Gasteiger partial charge in [-0.05, 0) is 25.0 Å². The molecule has 1 aromatic carbocycles. The summed E-state index contributed by atoms with van der Waals surface area (Å²) in [6.45, 7) is 4.21. The lowest BCUT2D eigenvalue weighted by Gasteiger charge is -2.15. The van der Waals surface area contributed by atoms with Gasteiger partial charge in [-0.1, -0.05) is 13.0 Å². The fraction of sp³-hybridized carbons (Fsp3) is 0.500. The van der Waals surface area contributed by atoms with Crippen molar-refractivity contribution in [3.8, 4) is 0 Å². The minimum Gasteiger partial charge on any atom is -0.379 e. The molecular formula is C12H17F2NO. The average Bonchev–Trinajstić information content (AvgIpc) is 2.24. The Bertz CT molecular complexity index is 355. The van der Waals surface area contributed by atoms with Crippen LogP contribution in [0.25, 0.3) is 0 Å². The molecule has 16 heavy (non-hydrogen) atoms. The standard InChI is InChI=1S/C12H17F2NO/c1-3-6-16-7-10(15)11-9(13)5-4-8(2)12(11)14/h4-5,10H,3,6-7,15H2,1-2H3. The topological polar surface area (TPSA) is 35.2 Å². The molecule has 1 unspecified atom stereocenters. The molecule has 4 heteroatoms. The maximum atomic E-state index is 13.6. The van der Waals surface area contributed by atoms with Crippen molar-refractivity contribution >= 4 is 0 Å². The third-order valence-electron chi connectivity index (χ3n) is 2.34. The summed E-state index contributed by atoms with van der Waals surface area (Å²) in [7, 11) is 0. The van der Waals surface area contributed by atoms with Crippen molar-refractivity contribution in [2.45, 2.75) is 26.3 Å². The highest BCUT2D eigenvalue weighted by Crippen LogP contribution is 2.22. The molecule has 0 aliphatic rings. The summed E-state index contributed by atoms with van der Waals surface area (Å²) in [5.41, 5.74) is 6.01. The molecule has 0 amide bonds. The summed E-state index contributed by atoms with van der Waals surface area (Å²) in [4.78, 5) is 0. The summed E-state index contributed by atoms with van der Waals surface area (Å²) in [5, 5.41) is 0. The van der Waals surface area contributed by atoms with Crippen LogP contribution in [-0.4, -0.2) is 13.2 Å². The second-order valence-corrected chi connectivity index (χ2v) is 3.77. The summed E-state index contributed by atoms with van der Waals surface area (Å²) in [5.74, 6) is -1.19. The van der Waals surface area contributed by atoms with E-state index in [1.807, 2.05) is 6.92 Å². The molecule has 0 saturated heterocycles. The lowest BCUT2D eigenvalue weighted by Crippen LogP contribution is -2.20. The van der Waals surface area contributed by atoms with Crippen LogP contribution in [0.5, 0.6) is 0 Å². The fourth-order valence-corrected chi connectivity index (χ4v) is 1.46. The maximum Gasteiger partial charge on any atom is 0.133 e. The van der Waals surface area contributed by atoms with Crippen molar-refractivity contribution in [1.29, 1.82) is 0 Å². The first-order valence-electron chi connectivity index (χ1n) is 5.35. The molecular weight excluding hydrogens is 212 g/mol. The van der Waals surface area contributed by atoms with Crippen LogP contribution >= 0.6 is 0 Å². The number of aryl methyl sites for hydroxylation is 1. The smallest absolute Gasteiger partial charge is 0.133 e. The van der Waals surface area contributed by atoms with E-state index in [0.717, 1.165) is 6.42 Å². The first-order chi connectivity index (χ1) is 7.57. The van der Waals surface area contributed by atoms with Gasteiger partial charge in [-0.25, -0.2) is 8.78 Å². The van der Waals surface area contributed by atoms with Crippen LogP contribution in [0.1, 0.15) is 30.5 Å². The fourth-order valence-electron chi connectivity index (χ4n) is 1.46. The maximum absolute atomic E-state index is 13.6. The van der Waals surface area contributed by atoms with Gasteiger partial charge in [-0.15, -0.1) is 0 Å². The van der Waals surface area contributed by atoms with Gasteiger partial charge in [0.25, 0.3) is 0 Å². The average molecular weight is 229 g/mol. The third-order valence-corrected chi connectivity index (χ3v) is 2.34. The van der Waals surface area contributed by atoms with Gasteiger partial charge in [-0.3, -0.25) is 0 Å². The van der Waals surface area contributed by atoms with E-state index >= 15 is 0 Å². The Morgan fingerprint density at radius 2 is 2.06 bits per heavy atom. The van der Waals surface area contributed by atoms with Crippen molar-refractivity contribution < 1.29 is 13.5 Å². The van der Waals surface area contributed by atoms with Crippen molar-refractivity contribution in [2.24, 2.45) is 5.73 Å². The number of halogens is 2. The molecule has 0 aliphatic carbocycles. The van der Waals surface area contributed by atoms with Crippen LogP contribution < -0.4 is 5.73 Å². The molecule has 0 radical (unpaired) electrons. The minimum atomic E-state index is -0.758. The molecule has 0 fully saturated rings. The van der Waals surface area contributed by atoms with Gasteiger partial charge in [-0.2, -0.15) is 0 Å². The lowest BCUT2D eigenvalue weighted by atomic mass is 10.0. The number of benzene rings is 1. The Hall–Kier alpha value is -1.00. The predicted octanol–water partition coefficient (Wildman–Crippen LogP) is 2.70. The normalized spacial score (nSPS) is 12.8. The Labute approximate surface area is 94.4 Å². The highest BCUT2D eigenvalue weighted by molar-refractivity contribution is 5.29. The molecule has 1 aromatic rings. The van der Waals surface area contributed by atoms with Gasteiger partial charge in [0.15, 0.2) is 0 Å². The molecule has 1 atom stereocenters. The summed E-state index contributed by atoms with van der Waals surface area (Å²) in [6.07, 6.45) is 0.853. The lowest BCUT2D eigenvalue weighted by molar-refractivity contribution is 0.120. The van der Waals surface area contributed by atoms with Gasteiger partial charge in [0.2, 0.25) is 0 Å². The van der Waals surface area contributed by atoms with Gasteiger partial charge in [0.1, 0.15) is 11.6 Å². The SMILES string of the molecule is CCCOCC(N)c1c(F)ccc(C)c1F. The number of hydrogen-bond donors (Lipinski definition) is 1. The second-order valence-electron chi connectivity index (χ2n) is 3.77. The first kappa shape index (κ1) is 13.1. The van der Waals surface area contributed by atoms with Crippen LogP contribution in [0.2, 0.25) is 0 Å². The number of ether oxygens (including phenoxy) is 1. The Balaban J connectivity index is 2.81. The zero-order valence-electron chi connectivity index (χ0n) is 9.59. The van der Waals surface area contributed by atoms with Crippen LogP contribution in [0.15, 0.2) is 12.1 Å². The Morgan fingerprint density at radius 1 is 1.38 bits per heavy atom. The summed E-state index contributed by atoms with van der Waals surface area (Å²) >= 11 is 0. The molecule has 0 saturated carbocycles. The van der Waals surface area contributed by atoms with Crippen LogP contribution in [-0.2, 0) is 4.74 Å². The number of nitrogens with two attached hydrogens (primary N) is 1. The summed E-state index contributed by atoms with van der Waals surface area (Å²) in [6, 6.07) is 1.87. The molecule has 0 heterocycles. The molecule has 2 N–H and O–H groups in total. The van der Waals surface area contributed by atoms with Gasteiger partial charge < -0.3 is 10.5 Å². The second kappa shape index (κ2) is 5.92. The van der Waals surface area contributed by atoms with E-state index in [9.17, 15) is 8.78 Å². The highest BCUT2D eigenvalue weighted by Gasteiger charge is 2.18. The summed E-state index contributed by atoms with van der Waals surface area (Å²) < 4.78 is 32.3. The Morgan fingerprint density at radius 3 is 2.69 bits per heavy atom. The van der Waals surface area contributed by atoms with E-state index < -0.39 is 17.7 Å². The molecule has 0 aliphatic heterocycles. The molecule has 1 rings (SSSR count). The van der Waals surface area contributed by atoms with Gasteiger partial charge >= 0.3 is 0 Å². The molecule has 0 spiro atoms. The van der Waals surface area contributed by atoms with Crippen molar-refractivity contribution in [2.75, 3.05) is 13.2 Å². The number of hydrogen-bond acceptors (Lipinski definition) is 2. The van der Waals surface area contributed by atoms with E-state index in [0.29, 0.717) is 12.2 Å². The van der Waals surface area contributed by atoms with Crippen molar-refractivity contribution in [3.63, 3.8) is 0 Å². The first-order valence-corrected chi connectivity index (χ1v) is 5.35. The van der Waals surface area contributed by atoms with E-state index in [4.69, 9.17) is 10.5 Å². The predicted molar refractivity (Wildman–Crippen MR) is 59.1 cm³/mol. The largest absolute Gasteiger partial charge is 0.379 e. The monoisotopic (exact) mass is 229 g/mol. The van der Waals surface area contributed by atoms with Gasteiger partial charge in [0.05, 0.1) is 12.6 Å².